The van der Waals surface area contributed by atoms with Gasteiger partial charge in [0.2, 0.25) is 0 Å². The van der Waals surface area contributed by atoms with E-state index in [1.54, 1.807) is 4.90 Å². The topological polar surface area (TPSA) is 20.3 Å². The molecule has 1 heterocycles. The maximum absolute atomic E-state index is 9.81. The van der Waals surface area contributed by atoms with Gasteiger partial charge in [0.1, 0.15) is 0 Å². The molecule has 0 spiro atoms. The summed E-state index contributed by atoms with van der Waals surface area (Å²) < 4.78 is 0. The Labute approximate surface area is 61.4 Å². The Bertz CT molecular complexity index is 70.8. The zero-order valence-corrected chi connectivity index (χ0v) is 5.18. The van der Waals surface area contributed by atoms with E-state index in [-0.39, 0.29) is 18.9 Å². The number of carbonyl (C=O) groups excluding carboxylic acids is 1. The van der Waals surface area contributed by atoms with Gasteiger partial charge in [-0.3, -0.25) is 0 Å². The summed E-state index contributed by atoms with van der Waals surface area (Å²) in [6, 6.07) is 0. The van der Waals surface area contributed by atoms with Crippen LogP contribution in [0.1, 0.15) is 12.8 Å². The smallest absolute Gasteiger partial charge is 0.520 e. The van der Waals surface area contributed by atoms with Gasteiger partial charge in [-0.05, 0) is 25.9 Å². The van der Waals surface area contributed by atoms with Crippen molar-refractivity contribution in [2.24, 2.45) is 0 Å². The van der Waals surface area contributed by atoms with E-state index in [9.17, 15) is 4.79 Å². The van der Waals surface area contributed by atoms with E-state index in [0.29, 0.717) is 0 Å². The first kappa shape index (κ1) is 8.07. The van der Waals surface area contributed by atoms with Gasteiger partial charge in [0, 0.05) is 0 Å². The molecular weight excluding hydrogens is 97.0 g/mol. The fourth-order valence-corrected chi connectivity index (χ4v) is 0.808. The maximum atomic E-state index is 9.81. The van der Waals surface area contributed by atoms with Crippen LogP contribution in [0, 0.1) is 0 Å². The molecule has 1 fully saturated rings. The van der Waals surface area contributed by atoms with Gasteiger partial charge in [-0.1, -0.05) is 0 Å². The Kier molecular flexibility index (Phi) is 4.03. The summed E-state index contributed by atoms with van der Waals surface area (Å²) >= 11 is 0. The van der Waals surface area contributed by atoms with Crippen molar-refractivity contribution in [2.45, 2.75) is 12.8 Å². The molecule has 0 saturated carbocycles. The van der Waals surface area contributed by atoms with Gasteiger partial charge in [0.15, 0.2) is 0 Å². The molecule has 1 aliphatic rings. The van der Waals surface area contributed by atoms with Crippen molar-refractivity contribution < 1.29 is 23.7 Å². The van der Waals surface area contributed by atoms with Crippen LogP contribution >= 0.6 is 0 Å². The molecule has 8 heavy (non-hydrogen) atoms. The van der Waals surface area contributed by atoms with E-state index in [0.717, 1.165) is 25.9 Å². The molecule has 1 aliphatic heterocycles. The monoisotopic (exact) mass is 105 g/mol. The van der Waals surface area contributed by atoms with Crippen LogP contribution < -0.4 is 18.9 Å². The number of nitrogens with zero attached hydrogens (tertiary/aromatic N) is 1. The van der Waals surface area contributed by atoms with Gasteiger partial charge >= 0.3 is 18.9 Å². The number of hydrogen-bond donors (Lipinski definition) is 0. The van der Waals surface area contributed by atoms with Crippen molar-refractivity contribution in [2.75, 3.05) is 13.1 Å². The molecule has 0 unspecified atom stereocenters. The number of amides is 1. The normalized spacial score (nSPS) is 17.8. The second kappa shape index (κ2) is 4.00. The fourth-order valence-electron chi connectivity index (χ4n) is 0.808. The quantitative estimate of drug-likeness (QED) is 0.260. The molecule has 1 saturated heterocycles. The van der Waals surface area contributed by atoms with Crippen LogP contribution in [-0.2, 0) is 4.79 Å². The molecule has 0 aliphatic carbocycles. The van der Waals surface area contributed by atoms with Crippen LogP contribution in [-0.4, -0.2) is 24.4 Å². The molecular formula is C5H8LiNO. The van der Waals surface area contributed by atoms with Crippen molar-refractivity contribution in [1.82, 2.24) is 4.90 Å². The SMILES string of the molecule is O=[C-]N1CCCC1.[Li+]. The Balaban J connectivity index is 0.000000490. The largest absolute Gasteiger partial charge is 1.00 e. The summed E-state index contributed by atoms with van der Waals surface area (Å²) in [5.74, 6) is 0. The first-order valence-corrected chi connectivity index (χ1v) is 2.56. The minimum absolute atomic E-state index is 0. The Morgan fingerprint density at radius 1 is 1.25 bits per heavy atom. The molecule has 0 bridgehead atoms. The minimum Gasteiger partial charge on any atom is -0.520 e. The molecule has 1 rings (SSSR count). The first-order valence-electron chi connectivity index (χ1n) is 2.56. The van der Waals surface area contributed by atoms with Crippen molar-refractivity contribution in [3.8, 4) is 0 Å². The molecule has 0 aromatic carbocycles. The van der Waals surface area contributed by atoms with E-state index >= 15 is 0 Å². The van der Waals surface area contributed by atoms with E-state index < -0.39 is 0 Å². The van der Waals surface area contributed by atoms with Crippen molar-refractivity contribution >= 4 is 6.41 Å². The Morgan fingerprint density at radius 2 is 1.75 bits per heavy atom. The van der Waals surface area contributed by atoms with E-state index in [2.05, 4.69) is 0 Å². The van der Waals surface area contributed by atoms with Crippen molar-refractivity contribution in [3.63, 3.8) is 0 Å². The molecule has 2 nitrogen and oxygen atoms in total. The minimum atomic E-state index is 0. The third-order valence-electron chi connectivity index (χ3n) is 1.24. The molecule has 1 amide bonds. The summed E-state index contributed by atoms with van der Waals surface area (Å²) in [5, 5.41) is 0. The zero-order chi connectivity index (χ0) is 5.11. The van der Waals surface area contributed by atoms with Crippen molar-refractivity contribution in [1.29, 1.82) is 0 Å². The van der Waals surface area contributed by atoms with Crippen LogP contribution in [0.4, 0.5) is 0 Å². The van der Waals surface area contributed by atoms with E-state index in [1.165, 1.54) is 0 Å². The van der Waals surface area contributed by atoms with Gasteiger partial charge < -0.3 is 9.69 Å². The van der Waals surface area contributed by atoms with Gasteiger partial charge in [-0.25, -0.2) is 0 Å². The third kappa shape index (κ3) is 1.89. The molecule has 0 N–H and O–H groups in total. The predicted octanol–water partition coefficient (Wildman–Crippen LogP) is -2.85. The van der Waals surface area contributed by atoms with Gasteiger partial charge in [0.05, 0.1) is 0 Å². The summed E-state index contributed by atoms with van der Waals surface area (Å²) in [6.45, 7) is 1.84. The summed E-state index contributed by atoms with van der Waals surface area (Å²) in [5.41, 5.74) is 0. The predicted molar refractivity (Wildman–Crippen MR) is 26.5 cm³/mol. The Hall–Kier alpha value is 0.0674. The van der Waals surface area contributed by atoms with Crippen LogP contribution in [0.3, 0.4) is 0 Å². The Morgan fingerprint density at radius 3 is 2.00 bits per heavy atom. The standard InChI is InChI=1S/C5H8NO.Li/c7-5-6-3-1-2-4-6;/h1-4H2;/q-1;+1. The zero-order valence-electron chi connectivity index (χ0n) is 5.18. The summed E-state index contributed by atoms with van der Waals surface area (Å²) in [7, 11) is 0. The van der Waals surface area contributed by atoms with Gasteiger partial charge in [0.25, 0.3) is 0 Å². The second-order valence-electron chi connectivity index (χ2n) is 1.79. The number of likely N-dealkylation sites (tertiary alicyclic amines) is 1. The van der Waals surface area contributed by atoms with Crippen LogP contribution in [0.5, 0.6) is 0 Å². The van der Waals surface area contributed by atoms with E-state index in [4.69, 9.17) is 0 Å². The van der Waals surface area contributed by atoms with Crippen LogP contribution in [0.15, 0.2) is 0 Å². The van der Waals surface area contributed by atoms with Gasteiger partial charge in [-0.15, -0.1) is 0 Å². The molecule has 0 radical (unpaired) electrons. The first-order chi connectivity index (χ1) is 3.43. The molecule has 3 heteroatoms. The number of hydrogen-bond acceptors (Lipinski definition) is 1. The number of rotatable bonds is 1. The molecule has 40 valence electrons. The maximum Gasteiger partial charge on any atom is 1.00 e. The summed E-state index contributed by atoms with van der Waals surface area (Å²) in [4.78, 5) is 11.5. The second-order valence-corrected chi connectivity index (χ2v) is 1.79. The van der Waals surface area contributed by atoms with Gasteiger partial charge in [-0.2, -0.15) is 6.41 Å². The molecule has 0 aromatic heterocycles. The van der Waals surface area contributed by atoms with Crippen LogP contribution in [0.25, 0.3) is 0 Å². The molecule has 0 aromatic rings. The fraction of sp³-hybridized carbons (Fsp3) is 0.800. The molecule has 0 atom stereocenters. The third-order valence-corrected chi connectivity index (χ3v) is 1.24. The van der Waals surface area contributed by atoms with Crippen molar-refractivity contribution in [3.05, 3.63) is 0 Å². The average molecular weight is 105 g/mol. The van der Waals surface area contributed by atoms with Crippen LogP contribution in [0.2, 0.25) is 0 Å². The average Bonchev–Trinajstić information content (AvgIpc) is 2.14. The summed E-state index contributed by atoms with van der Waals surface area (Å²) in [6.07, 6.45) is 4.17. The van der Waals surface area contributed by atoms with E-state index in [1.807, 2.05) is 6.41 Å².